The van der Waals surface area contributed by atoms with E-state index < -0.39 is 23.5 Å². The van der Waals surface area contributed by atoms with Crippen molar-refractivity contribution in [2.24, 2.45) is 0 Å². The lowest BCUT2D eigenvalue weighted by atomic mass is 9.95. The molecular weight excluding hydrogens is 397 g/mol. The number of hydrogen-bond acceptors (Lipinski definition) is 4. The van der Waals surface area contributed by atoms with Crippen molar-refractivity contribution in [3.05, 3.63) is 107 Å². The van der Waals surface area contributed by atoms with Gasteiger partial charge in [-0.25, -0.2) is 4.39 Å². The third-order valence-corrected chi connectivity index (χ3v) is 5.28. The largest absolute Gasteiger partial charge is 0.507 e. The Morgan fingerprint density at radius 3 is 2.23 bits per heavy atom. The van der Waals surface area contributed by atoms with E-state index in [1.807, 2.05) is 30.3 Å². The van der Waals surface area contributed by atoms with E-state index in [2.05, 4.69) is 0 Å². The molecule has 1 heterocycles. The molecule has 1 N–H and O–H groups in total. The van der Waals surface area contributed by atoms with Gasteiger partial charge in [-0.1, -0.05) is 42.5 Å². The second-order valence-corrected chi connectivity index (χ2v) is 7.19. The van der Waals surface area contributed by atoms with E-state index in [0.717, 1.165) is 5.56 Å². The lowest BCUT2D eigenvalue weighted by Gasteiger charge is -2.25. The summed E-state index contributed by atoms with van der Waals surface area (Å²) in [5, 5.41) is 10.9. The molecule has 0 saturated carbocycles. The summed E-state index contributed by atoms with van der Waals surface area (Å²) in [7, 11) is 1.55. The van der Waals surface area contributed by atoms with Crippen LogP contribution >= 0.6 is 0 Å². The molecule has 1 unspecified atom stereocenters. The Morgan fingerprint density at radius 1 is 0.968 bits per heavy atom. The van der Waals surface area contributed by atoms with Gasteiger partial charge in [0.1, 0.15) is 17.3 Å². The van der Waals surface area contributed by atoms with Crippen LogP contribution in [0.2, 0.25) is 0 Å². The highest BCUT2D eigenvalue weighted by Crippen LogP contribution is 2.40. The number of aliphatic hydroxyl groups excluding tert-OH is 1. The van der Waals surface area contributed by atoms with Crippen LogP contribution in [0.1, 0.15) is 22.7 Å². The van der Waals surface area contributed by atoms with Crippen LogP contribution in [-0.4, -0.2) is 28.8 Å². The number of amides is 1. The summed E-state index contributed by atoms with van der Waals surface area (Å²) < 4.78 is 18.6. The molecule has 0 spiro atoms. The van der Waals surface area contributed by atoms with E-state index >= 15 is 0 Å². The summed E-state index contributed by atoms with van der Waals surface area (Å²) in [4.78, 5) is 27.4. The first-order valence-electron chi connectivity index (χ1n) is 9.72. The third-order valence-electron chi connectivity index (χ3n) is 5.28. The second-order valence-electron chi connectivity index (χ2n) is 7.19. The van der Waals surface area contributed by atoms with E-state index in [4.69, 9.17) is 4.74 Å². The van der Waals surface area contributed by atoms with Crippen LogP contribution < -0.4 is 4.74 Å². The number of rotatable bonds is 5. The number of ketones is 1. The number of benzene rings is 3. The number of nitrogens with zero attached hydrogens (tertiary/aromatic N) is 1. The molecule has 1 aliphatic rings. The van der Waals surface area contributed by atoms with E-state index in [1.165, 1.54) is 29.2 Å². The first-order chi connectivity index (χ1) is 15.0. The zero-order valence-electron chi connectivity index (χ0n) is 16.8. The molecule has 3 aromatic rings. The van der Waals surface area contributed by atoms with Crippen molar-refractivity contribution < 1.29 is 23.8 Å². The Kier molecular flexibility index (Phi) is 5.54. The zero-order valence-corrected chi connectivity index (χ0v) is 16.8. The first-order valence-corrected chi connectivity index (χ1v) is 9.72. The molecule has 0 bridgehead atoms. The standard InChI is InChI=1S/C25H20FNO4/c1-31-20-13-9-17(10-14-20)22-21(23(28)18-7-11-19(26)12-8-18)24(29)25(30)27(22)15-16-5-3-2-4-6-16/h2-14,22,28H,15H2,1H3/b23-21+. The first kappa shape index (κ1) is 20.3. The van der Waals surface area contributed by atoms with Crippen LogP contribution in [0.25, 0.3) is 5.76 Å². The molecule has 6 heteroatoms. The number of ether oxygens (including phenoxy) is 1. The molecule has 1 aliphatic heterocycles. The molecule has 0 radical (unpaired) electrons. The molecule has 1 amide bonds. The van der Waals surface area contributed by atoms with Crippen molar-refractivity contribution in [1.29, 1.82) is 0 Å². The molecule has 0 aliphatic carbocycles. The van der Waals surface area contributed by atoms with Crippen LogP contribution in [-0.2, 0) is 16.1 Å². The second kappa shape index (κ2) is 8.44. The Morgan fingerprint density at radius 2 is 1.61 bits per heavy atom. The van der Waals surface area contributed by atoms with Gasteiger partial charge in [0.15, 0.2) is 0 Å². The summed E-state index contributed by atoms with van der Waals surface area (Å²) in [5.41, 5.74) is 1.74. The fourth-order valence-corrected chi connectivity index (χ4v) is 3.72. The van der Waals surface area contributed by atoms with Crippen molar-refractivity contribution in [3.63, 3.8) is 0 Å². The van der Waals surface area contributed by atoms with Crippen molar-refractivity contribution in [3.8, 4) is 5.75 Å². The van der Waals surface area contributed by atoms with Crippen LogP contribution in [0.3, 0.4) is 0 Å². The normalized spacial score (nSPS) is 17.7. The maximum absolute atomic E-state index is 13.3. The summed E-state index contributed by atoms with van der Waals surface area (Å²) in [6.07, 6.45) is 0. The number of aliphatic hydroxyl groups is 1. The minimum absolute atomic E-state index is 0.0299. The van der Waals surface area contributed by atoms with Crippen molar-refractivity contribution in [1.82, 2.24) is 4.90 Å². The van der Waals surface area contributed by atoms with E-state index in [0.29, 0.717) is 11.3 Å². The highest BCUT2D eigenvalue weighted by Gasteiger charge is 2.46. The molecule has 1 saturated heterocycles. The minimum Gasteiger partial charge on any atom is -0.507 e. The maximum atomic E-state index is 13.3. The molecule has 0 aromatic heterocycles. The number of methoxy groups -OCH3 is 1. The number of likely N-dealkylation sites (tertiary alicyclic amines) is 1. The summed E-state index contributed by atoms with van der Waals surface area (Å²) >= 11 is 0. The van der Waals surface area contributed by atoms with Gasteiger partial charge in [0, 0.05) is 12.1 Å². The molecule has 1 fully saturated rings. The predicted octanol–water partition coefficient (Wildman–Crippen LogP) is 4.46. The lowest BCUT2D eigenvalue weighted by Crippen LogP contribution is -2.29. The number of hydrogen-bond donors (Lipinski definition) is 1. The van der Waals surface area contributed by atoms with Gasteiger partial charge in [0.25, 0.3) is 11.7 Å². The predicted molar refractivity (Wildman–Crippen MR) is 114 cm³/mol. The average molecular weight is 417 g/mol. The summed E-state index contributed by atoms with van der Waals surface area (Å²) in [5.74, 6) is -1.66. The number of carbonyl (C=O) groups is 2. The minimum atomic E-state index is -0.795. The SMILES string of the molecule is COc1ccc(C2/C(=C(\O)c3ccc(F)cc3)C(=O)C(=O)N2Cc2ccccc2)cc1. The molecular formula is C25H20FNO4. The number of halogens is 1. The molecule has 1 atom stereocenters. The number of carbonyl (C=O) groups excluding carboxylic acids is 2. The Hall–Kier alpha value is -3.93. The van der Waals surface area contributed by atoms with Gasteiger partial charge in [-0.3, -0.25) is 9.59 Å². The quantitative estimate of drug-likeness (QED) is 0.378. The van der Waals surface area contributed by atoms with Gasteiger partial charge >= 0.3 is 0 Å². The van der Waals surface area contributed by atoms with Gasteiger partial charge in [0.05, 0.1) is 18.7 Å². The molecule has 3 aromatic carbocycles. The maximum Gasteiger partial charge on any atom is 0.295 e. The molecule has 31 heavy (non-hydrogen) atoms. The van der Waals surface area contributed by atoms with E-state index in [-0.39, 0.29) is 23.4 Å². The van der Waals surface area contributed by atoms with Gasteiger partial charge in [-0.05, 0) is 47.5 Å². The topological polar surface area (TPSA) is 66.8 Å². The average Bonchev–Trinajstić information content (AvgIpc) is 3.05. The van der Waals surface area contributed by atoms with Gasteiger partial charge in [-0.2, -0.15) is 0 Å². The van der Waals surface area contributed by atoms with Gasteiger partial charge in [-0.15, -0.1) is 0 Å². The fourth-order valence-electron chi connectivity index (χ4n) is 3.72. The summed E-state index contributed by atoms with van der Waals surface area (Å²) in [6, 6.07) is 20.6. The monoisotopic (exact) mass is 417 g/mol. The van der Waals surface area contributed by atoms with Crippen molar-refractivity contribution in [2.45, 2.75) is 12.6 Å². The molecule has 156 valence electrons. The third kappa shape index (κ3) is 3.92. The van der Waals surface area contributed by atoms with Gasteiger partial charge < -0.3 is 14.7 Å². The lowest BCUT2D eigenvalue weighted by molar-refractivity contribution is -0.140. The highest BCUT2D eigenvalue weighted by atomic mass is 19.1. The van der Waals surface area contributed by atoms with E-state index in [1.54, 1.807) is 31.4 Å². The molecule has 5 nitrogen and oxygen atoms in total. The zero-order chi connectivity index (χ0) is 22.0. The highest BCUT2D eigenvalue weighted by molar-refractivity contribution is 6.46. The van der Waals surface area contributed by atoms with Crippen LogP contribution in [0.4, 0.5) is 4.39 Å². The van der Waals surface area contributed by atoms with Crippen LogP contribution in [0.15, 0.2) is 84.4 Å². The Labute approximate surface area is 179 Å². The Balaban J connectivity index is 1.85. The Bertz CT molecular complexity index is 1140. The fraction of sp³-hybridized carbons (Fsp3) is 0.120. The van der Waals surface area contributed by atoms with Crippen LogP contribution in [0, 0.1) is 5.82 Å². The van der Waals surface area contributed by atoms with Crippen molar-refractivity contribution in [2.75, 3.05) is 7.11 Å². The summed E-state index contributed by atoms with van der Waals surface area (Å²) in [6.45, 7) is 0.197. The van der Waals surface area contributed by atoms with E-state index in [9.17, 15) is 19.1 Å². The molecule has 4 rings (SSSR count). The van der Waals surface area contributed by atoms with Gasteiger partial charge in [0.2, 0.25) is 0 Å². The van der Waals surface area contributed by atoms with Crippen LogP contribution in [0.5, 0.6) is 5.75 Å². The van der Waals surface area contributed by atoms with Crippen molar-refractivity contribution >= 4 is 17.4 Å². The number of Topliss-reactive ketones (excluding diaryl/α,β-unsaturated/α-hetero) is 1. The smallest absolute Gasteiger partial charge is 0.295 e.